The van der Waals surface area contributed by atoms with Gasteiger partial charge in [0.15, 0.2) is 17.5 Å². The van der Waals surface area contributed by atoms with E-state index in [-0.39, 0.29) is 12.0 Å². The Morgan fingerprint density at radius 3 is 2.26 bits per heavy atom. The standard InChI is InChI=1S/C19H20F3N3O2/c1-11(2)18(12-6-4-3-5-7-12)25-19(27)23-10-15(26)24-14-9-8-13(20)16(21)17(14)22/h3-9,11,18H,10H2,1-2H3,(H,24,26)(H2,23,25,27). The number of carbonyl (C=O) groups excluding carboxylic acids is 2. The van der Waals surface area contributed by atoms with Crippen molar-refractivity contribution in [1.82, 2.24) is 10.6 Å². The van der Waals surface area contributed by atoms with Crippen LogP contribution < -0.4 is 16.0 Å². The third kappa shape index (κ3) is 5.47. The molecule has 0 aromatic heterocycles. The van der Waals surface area contributed by atoms with Crippen LogP contribution in [0.2, 0.25) is 0 Å². The van der Waals surface area contributed by atoms with Crippen molar-refractivity contribution in [1.29, 1.82) is 0 Å². The number of nitrogens with one attached hydrogen (secondary N) is 3. The highest BCUT2D eigenvalue weighted by Crippen LogP contribution is 2.21. The van der Waals surface area contributed by atoms with Gasteiger partial charge in [-0.25, -0.2) is 18.0 Å². The van der Waals surface area contributed by atoms with E-state index in [1.807, 2.05) is 44.2 Å². The molecule has 27 heavy (non-hydrogen) atoms. The number of carbonyl (C=O) groups is 2. The van der Waals surface area contributed by atoms with E-state index in [1.54, 1.807) is 0 Å². The van der Waals surface area contributed by atoms with Crippen LogP contribution in [0.5, 0.6) is 0 Å². The second kappa shape index (κ2) is 9.07. The van der Waals surface area contributed by atoms with Crippen molar-refractivity contribution in [3.05, 3.63) is 65.5 Å². The Bertz CT molecular complexity index is 813. The van der Waals surface area contributed by atoms with Crippen LogP contribution in [0.25, 0.3) is 0 Å². The van der Waals surface area contributed by atoms with E-state index in [0.717, 1.165) is 11.6 Å². The Hall–Kier alpha value is -3.03. The number of urea groups is 1. The van der Waals surface area contributed by atoms with Gasteiger partial charge in [-0.15, -0.1) is 0 Å². The van der Waals surface area contributed by atoms with Gasteiger partial charge < -0.3 is 16.0 Å². The van der Waals surface area contributed by atoms with Crippen molar-refractivity contribution >= 4 is 17.6 Å². The highest BCUT2D eigenvalue weighted by Gasteiger charge is 2.19. The zero-order valence-corrected chi connectivity index (χ0v) is 14.9. The summed E-state index contributed by atoms with van der Waals surface area (Å²) in [4.78, 5) is 23.9. The Morgan fingerprint density at radius 1 is 0.963 bits per heavy atom. The molecule has 1 unspecified atom stereocenters. The number of halogens is 3. The monoisotopic (exact) mass is 379 g/mol. The van der Waals surface area contributed by atoms with Gasteiger partial charge in [-0.1, -0.05) is 44.2 Å². The molecule has 0 saturated heterocycles. The van der Waals surface area contributed by atoms with Crippen LogP contribution in [0, 0.1) is 23.4 Å². The largest absolute Gasteiger partial charge is 0.331 e. The zero-order valence-electron chi connectivity index (χ0n) is 14.9. The zero-order chi connectivity index (χ0) is 20.0. The molecule has 2 rings (SSSR count). The molecule has 1 atom stereocenters. The lowest BCUT2D eigenvalue weighted by molar-refractivity contribution is -0.115. The predicted octanol–water partition coefficient (Wildman–Crippen LogP) is 3.74. The Kier molecular flexibility index (Phi) is 6.81. The fourth-order valence-electron chi connectivity index (χ4n) is 2.46. The van der Waals surface area contributed by atoms with E-state index < -0.39 is 41.6 Å². The topological polar surface area (TPSA) is 70.2 Å². The minimum absolute atomic E-state index is 0.100. The molecule has 0 heterocycles. The van der Waals surface area contributed by atoms with E-state index >= 15 is 0 Å². The fourth-order valence-corrected chi connectivity index (χ4v) is 2.46. The maximum Gasteiger partial charge on any atom is 0.315 e. The number of hydrogen-bond acceptors (Lipinski definition) is 2. The van der Waals surface area contributed by atoms with Crippen molar-refractivity contribution in [3.8, 4) is 0 Å². The molecule has 0 aliphatic carbocycles. The Labute approximate surface area is 155 Å². The summed E-state index contributed by atoms with van der Waals surface area (Å²) in [7, 11) is 0. The summed E-state index contributed by atoms with van der Waals surface area (Å²) >= 11 is 0. The molecule has 144 valence electrons. The van der Waals surface area contributed by atoms with Crippen molar-refractivity contribution in [3.63, 3.8) is 0 Å². The number of rotatable bonds is 6. The molecule has 2 aromatic carbocycles. The molecule has 0 spiro atoms. The first-order valence-electron chi connectivity index (χ1n) is 8.32. The van der Waals surface area contributed by atoms with Gasteiger partial charge in [0.05, 0.1) is 18.3 Å². The van der Waals surface area contributed by atoms with Crippen LogP contribution in [0.15, 0.2) is 42.5 Å². The van der Waals surface area contributed by atoms with Gasteiger partial charge in [0.2, 0.25) is 5.91 Å². The molecular formula is C19H20F3N3O2. The van der Waals surface area contributed by atoms with Crippen LogP contribution in [-0.4, -0.2) is 18.5 Å². The summed E-state index contributed by atoms with van der Waals surface area (Å²) in [6.07, 6.45) is 0. The van der Waals surface area contributed by atoms with Crippen molar-refractivity contribution < 1.29 is 22.8 Å². The number of benzene rings is 2. The average Bonchev–Trinajstić information content (AvgIpc) is 2.65. The molecule has 0 radical (unpaired) electrons. The summed E-state index contributed by atoms with van der Waals surface area (Å²) in [5, 5.41) is 7.20. The van der Waals surface area contributed by atoms with E-state index in [9.17, 15) is 22.8 Å². The second-order valence-corrected chi connectivity index (χ2v) is 6.23. The van der Waals surface area contributed by atoms with Gasteiger partial charge in [-0.3, -0.25) is 4.79 Å². The lowest BCUT2D eigenvalue weighted by Crippen LogP contribution is -2.42. The van der Waals surface area contributed by atoms with Gasteiger partial charge in [-0.05, 0) is 23.6 Å². The first-order chi connectivity index (χ1) is 12.8. The molecule has 3 amide bonds. The fraction of sp³-hybridized carbons (Fsp3) is 0.263. The van der Waals surface area contributed by atoms with E-state index in [0.29, 0.717) is 6.07 Å². The van der Waals surface area contributed by atoms with Gasteiger partial charge in [0.25, 0.3) is 0 Å². The third-order valence-corrected chi connectivity index (χ3v) is 3.83. The molecule has 2 aromatic rings. The highest BCUT2D eigenvalue weighted by atomic mass is 19.2. The normalized spacial score (nSPS) is 11.8. The quantitative estimate of drug-likeness (QED) is 0.669. The minimum Gasteiger partial charge on any atom is -0.331 e. The van der Waals surface area contributed by atoms with Crippen LogP contribution in [-0.2, 0) is 4.79 Å². The Balaban J connectivity index is 1.91. The van der Waals surface area contributed by atoms with Crippen LogP contribution in [0.1, 0.15) is 25.5 Å². The van der Waals surface area contributed by atoms with Crippen LogP contribution >= 0.6 is 0 Å². The van der Waals surface area contributed by atoms with Crippen molar-refractivity contribution in [2.45, 2.75) is 19.9 Å². The minimum atomic E-state index is -1.68. The van der Waals surface area contributed by atoms with Crippen LogP contribution in [0.4, 0.5) is 23.7 Å². The predicted molar refractivity (Wildman–Crippen MR) is 95.5 cm³/mol. The lowest BCUT2D eigenvalue weighted by atomic mass is 9.96. The molecule has 0 saturated carbocycles. The summed E-state index contributed by atoms with van der Waals surface area (Å²) in [5.74, 6) is -5.22. The molecule has 8 heteroatoms. The average molecular weight is 379 g/mol. The first-order valence-corrected chi connectivity index (χ1v) is 8.32. The number of anilines is 1. The molecule has 0 bridgehead atoms. The van der Waals surface area contributed by atoms with Crippen molar-refractivity contribution in [2.75, 3.05) is 11.9 Å². The molecular weight excluding hydrogens is 359 g/mol. The molecule has 0 fully saturated rings. The SMILES string of the molecule is CC(C)C(NC(=O)NCC(=O)Nc1ccc(F)c(F)c1F)c1ccccc1. The maximum atomic E-state index is 13.5. The maximum absolute atomic E-state index is 13.5. The molecule has 0 aliphatic heterocycles. The Morgan fingerprint density at radius 2 is 1.63 bits per heavy atom. The number of hydrogen-bond donors (Lipinski definition) is 3. The van der Waals surface area contributed by atoms with Gasteiger partial charge >= 0.3 is 6.03 Å². The molecule has 0 aliphatic rings. The summed E-state index contributed by atoms with van der Waals surface area (Å²) in [6.45, 7) is 3.41. The third-order valence-electron chi connectivity index (χ3n) is 3.83. The summed E-state index contributed by atoms with van der Waals surface area (Å²) in [6, 6.07) is 10.1. The molecule has 3 N–H and O–H groups in total. The smallest absolute Gasteiger partial charge is 0.315 e. The number of amides is 3. The molecule has 5 nitrogen and oxygen atoms in total. The van der Waals surface area contributed by atoms with E-state index in [2.05, 4.69) is 16.0 Å². The summed E-state index contributed by atoms with van der Waals surface area (Å²) < 4.78 is 39.6. The first kappa shape index (κ1) is 20.3. The highest BCUT2D eigenvalue weighted by molar-refractivity contribution is 5.94. The second-order valence-electron chi connectivity index (χ2n) is 6.23. The van der Waals surface area contributed by atoms with Crippen LogP contribution in [0.3, 0.4) is 0 Å². The van der Waals surface area contributed by atoms with E-state index in [1.165, 1.54) is 0 Å². The van der Waals surface area contributed by atoms with E-state index in [4.69, 9.17) is 0 Å². The van der Waals surface area contributed by atoms with Gasteiger partial charge in [0.1, 0.15) is 0 Å². The van der Waals surface area contributed by atoms with Crippen molar-refractivity contribution in [2.24, 2.45) is 5.92 Å². The lowest BCUT2D eigenvalue weighted by Gasteiger charge is -2.23. The van der Waals surface area contributed by atoms with Gasteiger partial charge in [-0.2, -0.15) is 0 Å². The summed E-state index contributed by atoms with van der Waals surface area (Å²) in [5.41, 5.74) is 0.404. The van der Waals surface area contributed by atoms with Gasteiger partial charge in [0, 0.05) is 0 Å².